The predicted molar refractivity (Wildman–Crippen MR) is 49.6 cm³/mol. The topological polar surface area (TPSA) is 21.3 Å². The number of hydrogen-bond acceptors (Lipinski definition) is 2. The van der Waals surface area contributed by atoms with Gasteiger partial charge in [0, 0.05) is 0 Å². The maximum Gasteiger partial charge on any atom is 0.142 e. The van der Waals surface area contributed by atoms with E-state index in [4.69, 9.17) is 4.74 Å². The molecule has 12 heavy (non-hydrogen) atoms. The van der Waals surface area contributed by atoms with Crippen molar-refractivity contribution in [3.63, 3.8) is 0 Å². The van der Waals surface area contributed by atoms with Crippen molar-refractivity contribution in [2.45, 2.75) is 26.0 Å². The number of ether oxygens (including phenoxy) is 1. The fourth-order valence-corrected chi connectivity index (χ4v) is 1.35. The monoisotopic (exact) mass is 163 g/mol. The molecular weight excluding hydrogens is 150 g/mol. The predicted octanol–water partition coefficient (Wildman–Crippen LogP) is 2.27. The van der Waals surface area contributed by atoms with Crippen molar-refractivity contribution >= 4 is 5.69 Å². The van der Waals surface area contributed by atoms with Crippen molar-refractivity contribution in [3.05, 3.63) is 24.3 Å². The molecule has 0 saturated carbocycles. The average molecular weight is 163 g/mol. The lowest BCUT2D eigenvalue weighted by Gasteiger charge is -2.30. The third-order valence-corrected chi connectivity index (χ3v) is 2.29. The molecule has 1 heterocycles. The van der Waals surface area contributed by atoms with Gasteiger partial charge in [0.25, 0.3) is 0 Å². The van der Waals surface area contributed by atoms with Gasteiger partial charge in [-0.25, -0.2) is 0 Å². The van der Waals surface area contributed by atoms with Crippen molar-refractivity contribution in [2.75, 3.05) is 5.32 Å². The summed E-state index contributed by atoms with van der Waals surface area (Å²) in [5, 5.41) is 3.38. The molecule has 2 atom stereocenters. The molecule has 1 aliphatic heterocycles. The number of anilines is 1. The molecule has 2 rings (SSSR count). The summed E-state index contributed by atoms with van der Waals surface area (Å²) in [6, 6.07) is 8.42. The van der Waals surface area contributed by atoms with Crippen molar-refractivity contribution in [2.24, 2.45) is 0 Å². The zero-order valence-corrected chi connectivity index (χ0v) is 7.37. The second-order valence-electron chi connectivity index (χ2n) is 3.25. The summed E-state index contributed by atoms with van der Waals surface area (Å²) >= 11 is 0. The van der Waals surface area contributed by atoms with Gasteiger partial charge in [0.1, 0.15) is 11.9 Å². The molecule has 1 aliphatic rings. The maximum atomic E-state index is 5.68. The van der Waals surface area contributed by atoms with E-state index in [9.17, 15) is 0 Å². The zero-order chi connectivity index (χ0) is 8.55. The van der Waals surface area contributed by atoms with Crippen molar-refractivity contribution < 1.29 is 4.74 Å². The molecule has 0 aromatic heterocycles. The minimum absolute atomic E-state index is 0.250. The fraction of sp³-hybridized carbons (Fsp3) is 0.400. The molecule has 2 heteroatoms. The average Bonchev–Trinajstić information content (AvgIpc) is 2.07. The highest BCUT2D eigenvalue weighted by atomic mass is 16.5. The fourth-order valence-electron chi connectivity index (χ4n) is 1.35. The molecule has 64 valence electrons. The minimum Gasteiger partial charge on any atom is -0.486 e. The second kappa shape index (κ2) is 2.70. The van der Waals surface area contributed by atoms with Crippen LogP contribution in [0.25, 0.3) is 0 Å². The van der Waals surface area contributed by atoms with E-state index in [0.29, 0.717) is 6.04 Å². The zero-order valence-electron chi connectivity index (χ0n) is 7.37. The summed E-state index contributed by atoms with van der Waals surface area (Å²) in [6.07, 6.45) is 0.250. The quantitative estimate of drug-likeness (QED) is 0.633. The lowest BCUT2D eigenvalue weighted by atomic mass is 10.1. The molecule has 0 spiro atoms. The van der Waals surface area contributed by atoms with Crippen LogP contribution in [0.4, 0.5) is 5.69 Å². The van der Waals surface area contributed by atoms with E-state index in [1.54, 1.807) is 0 Å². The lowest BCUT2D eigenvalue weighted by molar-refractivity contribution is 0.194. The number of benzene rings is 1. The van der Waals surface area contributed by atoms with Gasteiger partial charge in [-0.15, -0.1) is 0 Å². The molecule has 0 fully saturated rings. The molecule has 1 aromatic rings. The van der Waals surface area contributed by atoms with E-state index in [1.807, 2.05) is 24.3 Å². The Hall–Kier alpha value is -1.18. The van der Waals surface area contributed by atoms with Crippen LogP contribution in [0.15, 0.2) is 24.3 Å². The van der Waals surface area contributed by atoms with Crippen LogP contribution in [0.5, 0.6) is 5.75 Å². The van der Waals surface area contributed by atoms with Crippen LogP contribution < -0.4 is 10.1 Å². The normalized spacial score (nSPS) is 26.8. The summed E-state index contributed by atoms with van der Waals surface area (Å²) in [4.78, 5) is 0. The molecule has 1 N–H and O–H groups in total. The van der Waals surface area contributed by atoms with Crippen LogP contribution in [-0.4, -0.2) is 12.1 Å². The smallest absolute Gasteiger partial charge is 0.142 e. The molecule has 2 nitrogen and oxygen atoms in total. The maximum absolute atomic E-state index is 5.68. The largest absolute Gasteiger partial charge is 0.486 e. The molecule has 0 amide bonds. The number of nitrogens with one attached hydrogen (secondary N) is 1. The number of para-hydroxylation sites is 2. The molecule has 1 aromatic carbocycles. The van der Waals surface area contributed by atoms with E-state index >= 15 is 0 Å². The van der Waals surface area contributed by atoms with Crippen LogP contribution in [-0.2, 0) is 0 Å². The third kappa shape index (κ3) is 1.13. The molecule has 0 aliphatic carbocycles. The number of rotatable bonds is 0. The van der Waals surface area contributed by atoms with Crippen molar-refractivity contribution in [1.82, 2.24) is 0 Å². The number of fused-ring (bicyclic) bond motifs is 1. The van der Waals surface area contributed by atoms with Crippen molar-refractivity contribution in [3.8, 4) is 5.75 Å². The van der Waals surface area contributed by atoms with Crippen LogP contribution in [0.1, 0.15) is 13.8 Å². The standard InChI is InChI=1S/C10H13NO/c1-7-8(2)12-10-6-4-3-5-9(10)11-7/h3-8,11H,1-2H3. The number of hydrogen-bond donors (Lipinski definition) is 1. The lowest BCUT2D eigenvalue weighted by Crippen LogP contribution is -2.36. The molecule has 2 unspecified atom stereocenters. The van der Waals surface area contributed by atoms with Crippen LogP contribution in [0, 0.1) is 0 Å². The first-order valence-electron chi connectivity index (χ1n) is 4.29. The minimum atomic E-state index is 0.250. The highest BCUT2D eigenvalue weighted by molar-refractivity contribution is 5.58. The third-order valence-electron chi connectivity index (χ3n) is 2.29. The Morgan fingerprint density at radius 1 is 1.25 bits per heavy atom. The van der Waals surface area contributed by atoms with Crippen molar-refractivity contribution in [1.29, 1.82) is 0 Å². The van der Waals surface area contributed by atoms with Gasteiger partial charge in [0.05, 0.1) is 11.7 Å². The van der Waals surface area contributed by atoms with E-state index in [1.165, 1.54) is 0 Å². The van der Waals surface area contributed by atoms with E-state index in [2.05, 4.69) is 19.2 Å². The van der Waals surface area contributed by atoms with Gasteiger partial charge < -0.3 is 10.1 Å². The highest BCUT2D eigenvalue weighted by Crippen LogP contribution is 2.30. The van der Waals surface area contributed by atoms with E-state index in [-0.39, 0.29) is 6.10 Å². The van der Waals surface area contributed by atoms with Gasteiger partial charge in [0.15, 0.2) is 0 Å². The van der Waals surface area contributed by atoms with Crippen LogP contribution >= 0.6 is 0 Å². The first-order valence-corrected chi connectivity index (χ1v) is 4.29. The summed E-state index contributed by atoms with van der Waals surface area (Å²) in [6.45, 7) is 4.20. The van der Waals surface area contributed by atoms with Gasteiger partial charge in [0.2, 0.25) is 0 Å². The van der Waals surface area contributed by atoms with Gasteiger partial charge in [-0.1, -0.05) is 12.1 Å². The van der Waals surface area contributed by atoms with Gasteiger partial charge >= 0.3 is 0 Å². The Morgan fingerprint density at radius 2 is 2.00 bits per heavy atom. The SMILES string of the molecule is CC1Nc2ccccc2OC1C. The Bertz CT molecular complexity index is 256. The van der Waals surface area contributed by atoms with E-state index in [0.717, 1.165) is 11.4 Å². The molecule has 0 radical (unpaired) electrons. The summed E-state index contributed by atoms with van der Waals surface area (Å²) in [7, 11) is 0. The summed E-state index contributed by atoms with van der Waals surface area (Å²) in [5.41, 5.74) is 1.10. The van der Waals surface area contributed by atoms with Crippen LogP contribution in [0.3, 0.4) is 0 Å². The first-order chi connectivity index (χ1) is 5.77. The Labute approximate surface area is 72.5 Å². The second-order valence-corrected chi connectivity index (χ2v) is 3.25. The Balaban J connectivity index is 2.34. The first kappa shape index (κ1) is 7.47. The Morgan fingerprint density at radius 3 is 2.83 bits per heavy atom. The van der Waals surface area contributed by atoms with E-state index < -0.39 is 0 Å². The van der Waals surface area contributed by atoms with Gasteiger partial charge in [-0.3, -0.25) is 0 Å². The highest BCUT2D eigenvalue weighted by Gasteiger charge is 2.20. The molecule has 0 bridgehead atoms. The van der Waals surface area contributed by atoms with Gasteiger partial charge in [-0.05, 0) is 26.0 Å². The summed E-state index contributed by atoms with van der Waals surface area (Å²) < 4.78 is 5.68. The molecular formula is C10H13NO. The summed E-state index contributed by atoms with van der Waals surface area (Å²) in [5.74, 6) is 0.961. The van der Waals surface area contributed by atoms with Gasteiger partial charge in [-0.2, -0.15) is 0 Å². The Kier molecular flexibility index (Phi) is 1.68. The van der Waals surface area contributed by atoms with Crippen LogP contribution in [0.2, 0.25) is 0 Å². The molecule has 0 saturated heterocycles.